The molecule has 1 N–H and O–H groups in total. The van der Waals surface area contributed by atoms with E-state index in [4.69, 9.17) is 4.74 Å². The molecule has 4 rings (SSSR count). The summed E-state index contributed by atoms with van der Waals surface area (Å²) in [4.78, 5) is 43.0. The zero-order valence-corrected chi connectivity index (χ0v) is 17.1. The monoisotopic (exact) mass is 424 g/mol. The third kappa shape index (κ3) is 3.88. The Hall–Kier alpha value is -3.33. The van der Waals surface area contributed by atoms with Crippen molar-refractivity contribution in [1.82, 2.24) is 9.38 Å². The van der Waals surface area contributed by atoms with E-state index in [9.17, 15) is 14.4 Å². The number of fused-ring (bicyclic) bond motifs is 1. The molecule has 1 fully saturated rings. The van der Waals surface area contributed by atoms with Crippen LogP contribution in [0.25, 0.3) is 5.52 Å². The van der Waals surface area contributed by atoms with Crippen molar-refractivity contribution in [2.75, 3.05) is 29.6 Å². The lowest BCUT2D eigenvalue weighted by Crippen LogP contribution is -2.27. The molecular weight excluding hydrogens is 404 g/mol. The highest BCUT2D eigenvalue weighted by Gasteiger charge is 2.24. The van der Waals surface area contributed by atoms with Gasteiger partial charge in [-0.1, -0.05) is 30.0 Å². The van der Waals surface area contributed by atoms with Crippen molar-refractivity contribution >= 4 is 46.4 Å². The second-order valence-corrected chi connectivity index (χ2v) is 7.47. The molecule has 0 unspecified atom stereocenters. The molecule has 3 aromatic rings. The quantitative estimate of drug-likeness (QED) is 0.483. The van der Waals surface area contributed by atoms with Crippen LogP contribution in [-0.4, -0.2) is 46.6 Å². The van der Waals surface area contributed by atoms with Gasteiger partial charge in [0.1, 0.15) is 0 Å². The van der Waals surface area contributed by atoms with Crippen LogP contribution in [0.15, 0.2) is 53.8 Å². The van der Waals surface area contributed by atoms with E-state index in [1.807, 2.05) is 24.6 Å². The van der Waals surface area contributed by atoms with Gasteiger partial charge in [0.2, 0.25) is 5.91 Å². The predicted molar refractivity (Wildman–Crippen MR) is 114 cm³/mol. The van der Waals surface area contributed by atoms with E-state index in [2.05, 4.69) is 10.3 Å². The second kappa shape index (κ2) is 8.58. The fourth-order valence-electron chi connectivity index (χ4n) is 3.41. The summed E-state index contributed by atoms with van der Waals surface area (Å²) in [6.45, 7) is 0.160. The Labute approximate surface area is 177 Å². The number of ether oxygens (including phenoxy) is 1. The molecule has 9 heteroatoms. The van der Waals surface area contributed by atoms with Crippen LogP contribution in [0, 0.1) is 0 Å². The lowest BCUT2D eigenvalue weighted by atomic mass is 10.2. The summed E-state index contributed by atoms with van der Waals surface area (Å²) >= 11 is 1.41. The normalized spacial score (nSPS) is 13.6. The molecule has 1 aliphatic rings. The average Bonchev–Trinajstić information content (AvgIpc) is 3.36. The predicted octanol–water partition coefficient (Wildman–Crippen LogP) is 2.98. The summed E-state index contributed by atoms with van der Waals surface area (Å²) in [5, 5.41) is 3.39. The average molecular weight is 424 g/mol. The minimum atomic E-state index is -0.669. The van der Waals surface area contributed by atoms with E-state index in [0.717, 1.165) is 6.42 Å². The third-order valence-corrected chi connectivity index (χ3v) is 5.42. The minimum absolute atomic E-state index is 0.0272. The Morgan fingerprint density at radius 2 is 2.00 bits per heavy atom. The number of thioether (sulfide) groups is 1. The molecule has 3 heterocycles. The number of para-hydroxylation sites is 2. The number of anilines is 2. The number of hydrogen-bond acceptors (Lipinski definition) is 6. The van der Waals surface area contributed by atoms with Crippen LogP contribution in [0.4, 0.5) is 11.4 Å². The maximum absolute atomic E-state index is 12.5. The third-order valence-electron chi connectivity index (χ3n) is 4.77. The first-order valence-electron chi connectivity index (χ1n) is 9.46. The number of amides is 2. The topological polar surface area (TPSA) is 93.0 Å². The fraction of sp³-hybridized carbons (Fsp3) is 0.238. The molecule has 8 nitrogen and oxygen atoms in total. The lowest BCUT2D eigenvalue weighted by Gasteiger charge is -2.19. The summed E-state index contributed by atoms with van der Waals surface area (Å²) in [5.74, 6) is -1.13. The van der Waals surface area contributed by atoms with Gasteiger partial charge >= 0.3 is 5.97 Å². The number of benzene rings is 1. The second-order valence-electron chi connectivity index (χ2n) is 6.69. The van der Waals surface area contributed by atoms with Crippen LogP contribution in [0.3, 0.4) is 0 Å². The Morgan fingerprint density at radius 1 is 1.20 bits per heavy atom. The van der Waals surface area contributed by atoms with Crippen LogP contribution in [-0.2, 0) is 14.3 Å². The number of rotatable bonds is 6. The standard InChI is InChI=1S/C21H20N4O4S/c1-30-21-23-19(16-9-4-5-11-25(16)21)20(28)29-13-17(26)22-14-7-2-3-8-15(14)24-12-6-10-18(24)27/h2-5,7-9,11H,6,10,12-13H2,1H3,(H,22,26). The highest BCUT2D eigenvalue weighted by Crippen LogP contribution is 2.29. The number of nitrogens with zero attached hydrogens (tertiary/aromatic N) is 3. The van der Waals surface area contributed by atoms with Crippen LogP contribution in [0.1, 0.15) is 23.3 Å². The van der Waals surface area contributed by atoms with Gasteiger partial charge in [-0.3, -0.25) is 14.0 Å². The summed E-state index contributed by atoms with van der Waals surface area (Å²) in [6.07, 6.45) is 4.97. The number of esters is 1. The first kappa shape index (κ1) is 20.0. The largest absolute Gasteiger partial charge is 0.451 e. The molecule has 154 valence electrons. The number of aromatic nitrogens is 2. The zero-order chi connectivity index (χ0) is 21.1. The first-order chi connectivity index (χ1) is 14.6. The number of carbonyl (C=O) groups excluding carboxylic acids is 3. The van der Waals surface area contributed by atoms with Crippen molar-refractivity contribution in [3.8, 4) is 0 Å². The van der Waals surface area contributed by atoms with Gasteiger partial charge in [-0.15, -0.1) is 0 Å². The number of imidazole rings is 1. The molecule has 0 spiro atoms. The molecule has 30 heavy (non-hydrogen) atoms. The van der Waals surface area contributed by atoms with Crippen molar-refractivity contribution in [2.24, 2.45) is 0 Å². The summed E-state index contributed by atoms with van der Waals surface area (Å²) in [6, 6.07) is 12.5. The van der Waals surface area contributed by atoms with Crippen LogP contribution >= 0.6 is 11.8 Å². The van der Waals surface area contributed by atoms with E-state index < -0.39 is 18.5 Å². The SMILES string of the molecule is CSc1nc(C(=O)OCC(=O)Nc2ccccc2N2CCCC2=O)c2ccccn12. The Kier molecular flexibility index (Phi) is 5.71. The number of nitrogens with one attached hydrogen (secondary N) is 1. The molecule has 0 saturated carbocycles. The molecule has 0 radical (unpaired) electrons. The van der Waals surface area contributed by atoms with E-state index >= 15 is 0 Å². The maximum atomic E-state index is 12.5. The molecule has 0 bridgehead atoms. The minimum Gasteiger partial charge on any atom is -0.451 e. The van der Waals surface area contributed by atoms with Gasteiger partial charge in [0.05, 0.1) is 16.9 Å². The van der Waals surface area contributed by atoms with Crippen molar-refractivity contribution in [2.45, 2.75) is 18.0 Å². The zero-order valence-electron chi connectivity index (χ0n) is 16.3. The van der Waals surface area contributed by atoms with E-state index in [0.29, 0.717) is 35.0 Å². The molecule has 0 aliphatic carbocycles. The molecule has 1 aliphatic heterocycles. The number of hydrogen-bond donors (Lipinski definition) is 1. The van der Waals surface area contributed by atoms with Gasteiger partial charge in [-0.25, -0.2) is 9.78 Å². The van der Waals surface area contributed by atoms with Crippen molar-refractivity contribution < 1.29 is 19.1 Å². The molecular formula is C21H20N4O4S. The summed E-state index contributed by atoms with van der Waals surface area (Å²) < 4.78 is 6.99. The highest BCUT2D eigenvalue weighted by atomic mass is 32.2. The van der Waals surface area contributed by atoms with Crippen molar-refractivity contribution in [3.05, 3.63) is 54.4 Å². The van der Waals surface area contributed by atoms with Gasteiger partial charge in [0, 0.05) is 19.2 Å². The summed E-state index contributed by atoms with van der Waals surface area (Å²) in [7, 11) is 0. The van der Waals surface area contributed by atoms with Gasteiger partial charge in [-0.05, 0) is 36.9 Å². The lowest BCUT2D eigenvalue weighted by molar-refractivity contribution is -0.119. The molecule has 2 amide bonds. The fourth-order valence-corrected chi connectivity index (χ4v) is 3.95. The highest BCUT2D eigenvalue weighted by molar-refractivity contribution is 7.98. The van der Waals surface area contributed by atoms with Gasteiger partial charge in [-0.2, -0.15) is 0 Å². The first-order valence-corrected chi connectivity index (χ1v) is 10.7. The molecule has 1 saturated heterocycles. The van der Waals surface area contributed by atoms with Crippen molar-refractivity contribution in [3.63, 3.8) is 0 Å². The van der Waals surface area contributed by atoms with Crippen LogP contribution < -0.4 is 10.2 Å². The smallest absolute Gasteiger partial charge is 0.359 e. The van der Waals surface area contributed by atoms with E-state index in [-0.39, 0.29) is 11.6 Å². The maximum Gasteiger partial charge on any atom is 0.359 e. The van der Waals surface area contributed by atoms with Crippen LogP contribution in [0.2, 0.25) is 0 Å². The molecule has 1 aromatic carbocycles. The van der Waals surface area contributed by atoms with E-state index in [1.165, 1.54) is 11.8 Å². The molecule has 0 atom stereocenters. The Morgan fingerprint density at radius 3 is 2.77 bits per heavy atom. The summed E-state index contributed by atoms with van der Waals surface area (Å²) in [5.41, 5.74) is 1.93. The van der Waals surface area contributed by atoms with E-state index in [1.54, 1.807) is 39.6 Å². The Bertz CT molecular complexity index is 1130. The number of pyridine rings is 1. The van der Waals surface area contributed by atoms with Gasteiger partial charge in [0.15, 0.2) is 17.5 Å². The van der Waals surface area contributed by atoms with Crippen molar-refractivity contribution in [1.29, 1.82) is 0 Å². The Balaban J connectivity index is 1.44. The number of carbonyl (C=O) groups is 3. The van der Waals surface area contributed by atoms with Gasteiger partial charge in [0.25, 0.3) is 5.91 Å². The van der Waals surface area contributed by atoms with Crippen LogP contribution in [0.5, 0.6) is 0 Å². The van der Waals surface area contributed by atoms with Gasteiger partial charge < -0.3 is 15.0 Å². The molecule has 2 aromatic heterocycles.